The van der Waals surface area contributed by atoms with Crippen LogP contribution in [0, 0.1) is 17.3 Å². The summed E-state index contributed by atoms with van der Waals surface area (Å²) in [4.78, 5) is 29.3. The first-order valence-electron chi connectivity index (χ1n) is 13.0. The van der Waals surface area contributed by atoms with Crippen molar-refractivity contribution in [2.24, 2.45) is 17.3 Å². The Morgan fingerprint density at radius 2 is 1.51 bits per heavy atom. The van der Waals surface area contributed by atoms with Crippen LogP contribution in [0.1, 0.15) is 74.3 Å². The Morgan fingerprint density at radius 1 is 1.00 bits per heavy atom. The van der Waals surface area contributed by atoms with Crippen LogP contribution < -0.4 is 5.32 Å². The van der Waals surface area contributed by atoms with Gasteiger partial charge in [0.15, 0.2) is 0 Å². The molecule has 1 N–H and O–H groups in total. The molecule has 0 spiro atoms. The third-order valence-electron chi connectivity index (χ3n) is 7.28. The lowest BCUT2D eigenvalue weighted by Crippen LogP contribution is -2.58. The Labute approximate surface area is 225 Å². The van der Waals surface area contributed by atoms with E-state index >= 15 is 0 Å². The van der Waals surface area contributed by atoms with Gasteiger partial charge in [0.2, 0.25) is 21.8 Å². The van der Waals surface area contributed by atoms with Crippen LogP contribution in [0.25, 0.3) is 0 Å². The number of hydrogen-bond donors (Lipinski definition) is 1. The predicted molar refractivity (Wildman–Crippen MR) is 152 cm³/mol. The fourth-order valence-electron chi connectivity index (χ4n) is 4.70. The van der Waals surface area contributed by atoms with Gasteiger partial charge in [0.05, 0.1) is 10.9 Å². The third kappa shape index (κ3) is 7.90. The van der Waals surface area contributed by atoms with Crippen molar-refractivity contribution >= 4 is 21.8 Å². The molecule has 0 aliphatic carbocycles. The van der Waals surface area contributed by atoms with E-state index in [1.165, 1.54) is 14.1 Å². The van der Waals surface area contributed by atoms with Crippen molar-refractivity contribution in [3.8, 4) is 0 Å². The molecule has 0 aromatic heterocycles. The molecule has 1 aromatic rings. The highest BCUT2D eigenvalue weighted by molar-refractivity contribution is 7.92. The van der Waals surface area contributed by atoms with E-state index in [1.54, 1.807) is 24.9 Å². The molecule has 2 amide bonds. The lowest BCUT2D eigenvalue weighted by Gasteiger charge is -2.40. The molecule has 0 fully saturated rings. The molecule has 0 saturated heterocycles. The minimum Gasteiger partial charge on any atom is -0.344 e. The van der Waals surface area contributed by atoms with Gasteiger partial charge in [-0.1, -0.05) is 85.7 Å². The van der Waals surface area contributed by atoms with Crippen LogP contribution in [0.3, 0.4) is 0 Å². The van der Waals surface area contributed by atoms with Gasteiger partial charge in [-0.2, -0.15) is 0 Å². The minimum atomic E-state index is -3.60. The van der Waals surface area contributed by atoms with Crippen molar-refractivity contribution in [3.05, 3.63) is 46.9 Å². The number of hydrogen-bond acceptors (Lipinski definition) is 4. The molecule has 210 valence electrons. The second-order valence-corrected chi connectivity index (χ2v) is 14.4. The second kappa shape index (κ2) is 12.6. The molecular weight excluding hydrogens is 486 g/mol. The van der Waals surface area contributed by atoms with Crippen LogP contribution in [0.5, 0.6) is 0 Å². The molecule has 0 aliphatic heterocycles. The van der Waals surface area contributed by atoms with Gasteiger partial charge in [0.25, 0.3) is 0 Å². The average Bonchev–Trinajstić information content (AvgIpc) is 2.79. The fourth-order valence-corrected chi connectivity index (χ4v) is 5.59. The van der Waals surface area contributed by atoms with E-state index in [2.05, 4.69) is 19.2 Å². The molecule has 0 heterocycles. The zero-order chi connectivity index (χ0) is 28.9. The summed E-state index contributed by atoms with van der Waals surface area (Å²) in [5.41, 5.74) is 0.0696. The first kappa shape index (κ1) is 32.8. The molecule has 0 saturated carbocycles. The Kier molecular flexibility index (Phi) is 11.2. The molecule has 0 unspecified atom stereocenters. The molecule has 1 rings (SSSR count). The number of rotatable bonds is 11. The number of carbonyl (C=O) groups excluding carboxylic acids is 2. The highest BCUT2D eigenvalue weighted by atomic mass is 32.2. The predicted octanol–water partition coefficient (Wildman–Crippen LogP) is 4.80. The number of allylic oxidation sites excluding steroid dienone is 1. The van der Waals surface area contributed by atoms with Crippen LogP contribution in [-0.4, -0.2) is 62.7 Å². The maximum atomic E-state index is 13.9. The highest BCUT2D eigenvalue weighted by Crippen LogP contribution is 2.35. The SMILES string of the molecule is CC[C@H](C(=O)N[C@H](C(=O)N(C)[C@H](/C=C(\C)S(=O)(=O)N(C)C)C(C)C)C(C)(C)C)C(C)(C)c1ccccc1. The maximum absolute atomic E-state index is 13.9. The van der Waals surface area contributed by atoms with Crippen molar-refractivity contribution in [2.75, 3.05) is 21.1 Å². The summed E-state index contributed by atoms with van der Waals surface area (Å²) in [5.74, 6) is -0.802. The number of nitrogens with one attached hydrogen (secondary N) is 1. The summed E-state index contributed by atoms with van der Waals surface area (Å²) in [6.45, 7) is 17.3. The van der Waals surface area contributed by atoms with Gasteiger partial charge < -0.3 is 10.2 Å². The normalized spacial score (nSPS) is 15.9. The van der Waals surface area contributed by atoms with Crippen molar-refractivity contribution < 1.29 is 18.0 Å². The second-order valence-electron chi connectivity index (χ2n) is 12.1. The number of benzene rings is 1. The molecule has 37 heavy (non-hydrogen) atoms. The molecule has 3 atom stereocenters. The Hall–Kier alpha value is -2.19. The Morgan fingerprint density at radius 3 is 1.92 bits per heavy atom. The first-order valence-corrected chi connectivity index (χ1v) is 14.5. The zero-order valence-corrected chi connectivity index (χ0v) is 25.7. The molecule has 0 radical (unpaired) electrons. The lowest BCUT2D eigenvalue weighted by atomic mass is 9.71. The Balaban J connectivity index is 3.36. The van der Waals surface area contributed by atoms with Crippen molar-refractivity contribution in [1.82, 2.24) is 14.5 Å². The molecule has 0 bridgehead atoms. The zero-order valence-electron chi connectivity index (χ0n) is 24.9. The van der Waals surface area contributed by atoms with Gasteiger partial charge in [-0.3, -0.25) is 9.59 Å². The maximum Gasteiger partial charge on any atom is 0.245 e. The van der Waals surface area contributed by atoms with Crippen LogP contribution >= 0.6 is 0 Å². The van der Waals surface area contributed by atoms with Gasteiger partial charge >= 0.3 is 0 Å². The fraction of sp³-hybridized carbons (Fsp3) is 0.655. The number of sulfonamides is 1. The van der Waals surface area contributed by atoms with Crippen molar-refractivity contribution in [2.45, 2.75) is 86.2 Å². The minimum absolute atomic E-state index is 0.0435. The summed E-state index contributed by atoms with van der Waals surface area (Å²) >= 11 is 0. The number of carbonyl (C=O) groups is 2. The van der Waals surface area contributed by atoms with Crippen LogP contribution in [0.4, 0.5) is 0 Å². The molecule has 8 heteroatoms. The Bertz CT molecular complexity index is 1050. The average molecular weight is 536 g/mol. The molecule has 7 nitrogen and oxygen atoms in total. The van der Waals surface area contributed by atoms with Gasteiger partial charge in [0, 0.05) is 32.5 Å². The summed E-state index contributed by atoms with van der Waals surface area (Å²) in [6, 6.07) is 8.69. The van der Waals surface area contributed by atoms with Gasteiger partial charge in [-0.05, 0) is 36.3 Å². The van der Waals surface area contributed by atoms with Gasteiger partial charge in [-0.15, -0.1) is 0 Å². The van der Waals surface area contributed by atoms with E-state index in [1.807, 2.05) is 71.9 Å². The third-order valence-corrected chi connectivity index (χ3v) is 9.20. The number of nitrogens with zero attached hydrogens (tertiary/aromatic N) is 2. The quantitative estimate of drug-likeness (QED) is 0.441. The van der Waals surface area contributed by atoms with Gasteiger partial charge in [0.1, 0.15) is 6.04 Å². The first-order chi connectivity index (χ1) is 16.8. The van der Waals surface area contributed by atoms with E-state index in [0.29, 0.717) is 6.42 Å². The van der Waals surface area contributed by atoms with Crippen LogP contribution in [0.2, 0.25) is 0 Å². The molecular formula is C29H49N3O4S. The molecule has 1 aromatic carbocycles. The van der Waals surface area contributed by atoms with Crippen LogP contribution in [-0.2, 0) is 25.0 Å². The van der Waals surface area contributed by atoms with E-state index in [-0.39, 0.29) is 28.6 Å². The number of likely N-dealkylation sites (N-methyl/N-ethyl adjacent to an activating group) is 1. The monoisotopic (exact) mass is 535 g/mol. The lowest BCUT2D eigenvalue weighted by molar-refractivity contribution is -0.141. The van der Waals surface area contributed by atoms with Crippen molar-refractivity contribution in [3.63, 3.8) is 0 Å². The topological polar surface area (TPSA) is 86.8 Å². The van der Waals surface area contributed by atoms with E-state index in [0.717, 1.165) is 9.87 Å². The summed E-state index contributed by atoms with van der Waals surface area (Å²) < 4.78 is 26.4. The van der Waals surface area contributed by atoms with Crippen LogP contribution in [0.15, 0.2) is 41.3 Å². The number of amides is 2. The highest BCUT2D eigenvalue weighted by Gasteiger charge is 2.41. The standard InChI is InChI=1S/C29H49N3O4S/c1-13-23(29(8,9)22-17-15-14-16-18-22)26(33)30-25(28(5,6)7)27(34)32(12)24(20(2)3)19-21(4)37(35,36)31(10)11/h14-20,23-25H,13H2,1-12H3,(H,30,33)/b21-19+/t23-,24-,25-/m1/s1. The van der Waals surface area contributed by atoms with Crippen molar-refractivity contribution in [1.29, 1.82) is 0 Å². The molecule has 0 aliphatic rings. The summed E-state index contributed by atoms with van der Waals surface area (Å²) in [7, 11) is 1.04. The van der Waals surface area contributed by atoms with Gasteiger partial charge in [-0.25, -0.2) is 12.7 Å². The summed E-state index contributed by atoms with van der Waals surface area (Å²) in [6.07, 6.45) is 2.25. The summed E-state index contributed by atoms with van der Waals surface area (Å²) in [5, 5.41) is 3.08. The van der Waals surface area contributed by atoms with E-state index in [9.17, 15) is 18.0 Å². The largest absolute Gasteiger partial charge is 0.344 e. The van der Waals surface area contributed by atoms with E-state index < -0.39 is 32.9 Å². The smallest absolute Gasteiger partial charge is 0.245 e. The van der Waals surface area contributed by atoms with E-state index in [4.69, 9.17) is 0 Å².